The highest BCUT2D eigenvalue weighted by molar-refractivity contribution is 5.61. The van der Waals surface area contributed by atoms with E-state index < -0.39 is 11.7 Å². The lowest BCUT2D eigenvalue weighted by atomic mass is 9.95. The number of alkyl halides is 3. The summed E-state index contributed by atoms with van der Waals surface area (Å²) >= 11 is 0. The molecule has 0 amide bonds. The number of anilines is 1. The molecule has 0 bridgehead atoms. The van der Waals surface area contributed by atoms with Crippen LogP contribution in [0.5, 0.6) is 0 Å². The number of hydrogen-bond donors (Lipinski definition) is 1. The smallest absolute Gasteiger partial charge is 0.369 e. The summed E-state index contributed by atoms with van der Waals surface area (Å²) in [7, 11) is 0. The lowest BCUT2D eigenvalue weighted by molar-refractivity contribution is -0.137. The van der Waals surface area contributed by atoms with Gasteiger partial charge in [-0.3, -0.25) is 0 Å². The van der Waals surface area contributed by atoms with Crippen molar-refractivity contribution >= 4 is 5.69 Å². The second kappa shape index (κ2) is 5.33. The van der Waals surface area contributed by atoms with Crippen molar-refractivity contribution in [3.8, 4) is 6.07 Å². The predicted molar refractivity (Wildman–Crippen MR) is 70.1 cm³/mol. The minimum atomic E-state index is -4.43. The highest BCUT2D eigenvalue weighted by Gasteiger charge is 2.32. The van der Waals surface area contributed by atoms with Crippen LogP contribution in [0, 0.1) is 17.2 Å². The van der Waals surface area contributed by atoms with Crippen molar-refractivity contribution in [3.05, 3.63) is 29.3 Å². The van der Waals surface area contributed by atoms with Crippen LogP contribution in [0.4, 0.5) is 18.9 Å². The minimum absolute atomic E-state index is 0.0208. The summed E-state index contributed by atoms with van der Waals surface area (Å²) < 4.78 is 38.0. The molecule has 1 aromatic rings. The van der Waals surface area contributed by atoms with Crippen LogP contribution in [0.2, 0.25) is 0 Å². The first-order valence-electron chi connectivity index (χ1n) is 6.43. The van der Waals surface area contributed by atoms with Gasteiger partial charge in [0.2, 0.25) is 0 Å². The lowest BCUT2D eigenvalue weighted by Gasteiger charge is -2.37. The molecule has 0 radical (unpaired) electrons. The zero-order valence-corrected chi connectivity index (χ0v) is 11.1. The molecule has 3 nitrogen and oxygen atoms in total. The van der Waals surface area contributed by atoms with Crippen LogP contribution in [0.1, 0.15) is 24.5 Å². The van der Waals surface area contributed by atoms with Gasteiger partial charge in [-0.15, -0.1) is 0 Å². The monoisotopic (exact) mass is 283 g/mol. The van der Waals surface area contributed by atoms with Crippen LogP contribution >= 0.6 is 0 Å². The first-order valence-corrected chi connectivity index (χ1v) is 6.43. The molecule has 0 aliphatic carbocycles. The van der Waals surface area contributed by atoms with Crippen molar-refractivity contribution in [3.63, 3.8) is 0 Å². The summed E-state index contributed by atoms with van der Waals surface area (Å²) in [4.78, 5) is 1.90. The number of benzene rings is 1. The molecule has 2 rings (SSSR count). The Kier molecular flexibility index (Phi) is 3.91. The molecular formula is C14H16F3N3. The van der Waals surface area contributed by atoms with Gasteiger partial charge in [-0.2, -0.15) is 18.4 Å². The Morgan fingerprint density at radius 2 is 2.05 bits per heavy atom. The van der Waals surface area contributed by atoms with Gasteiger partial charge in [0.05, 0.1) is 16.8 Å². The molecule has 1 aliphatic rings. The SMILES string of the molecule is CC1CC(N)CN(c2ccc(C(F)(F)F)cc2C#N)C1. The Morgan fingerprint density at radius 1 is 1.35 bits per heavy atom. The second-order valence-electron chi connectivity index (χ2n) is 5.35. The average Bonchev–Trinajstić information content (AvgIpc) is 2.35. The fraction of sp³-hybridized carbons (Fsp3) is 0.500. The highest BCUT2D eigenvalue weighted by Crippen LogP contribution is 2.33. The molecule has 0 aromatic heterocycles. The first-order chi connectivity index (χ1) is 9.31. The summed E-state index contributed by atoms with van der Waals surface area (Å²) in [6, 6.07) is 5.12. The largest absolute Gasteiger partial charge is 0.416 e. The van der Waals surface area contributed by atoms with Gasteiger partial charge in [-0.1, -0.05) is 6.92 Å². The Bertz CT molecular complexity index is 523. The van der Waals surface area contributed by atoms with Crippen LogP contribution in [0.3, 0.4) is 0 Å². The first kappa shape index (κ1) is 14.7. The van der Waals surface area contributed by atoms with Crippen molar-refractivity contribution in [2.75, 3.05) is 18.0 Å². The third-order valence-electron chi connectivity index (χ3n) is 3.48. The molecule has 2 unspecified atom stereocenters. The van der Waals surface area contributed by atoms with Crippen LogP contribution < -0.4 is 10.6 Å². The average molecular weight is 283 g/mol. The molecule has 0 spiro atoms. The molecule has 0 saturated carbocycles. The molecule has 1 aliphatic heterocycles. The summed E-state index contributed by atoms with van der Waals surface area (Å²) in [5.74, 6) is 0.354. The zero-order chi connectivity index (χ0) is 14.9. The number of halogens is 3. The molecule has 1 heterocycles. The van der Waals surface area contributed by atoms with E-state index >= 15 is 0 Å². The molecule has 6 heteroatoms. The predicted octanol–water partition coefficient (Wildman–Crippen LogP) is 2.75. The molecule has 2 N–H and O–H groups in total. The van der Waals surface area contributed by atoms with Gasteiger partial charge in [0, 0.05) is 19.1 Å². The number of nitrogens with two attached hydrogens (primary N) is 1. The van der Waals surface area contributed by atoms with Crippen molar-refractivity contribution in [2.45, 2.75) is 25.6 Å². The van der Waals surface area contributed by atoms with E-state index in [-0.39, 0.29) is 11.6 Å². The maximum Gasteiger partial charge on any atom is 0.416 e. The van der Waals surface area contributed by atoms with Gasteiger partial charge in [-0.25, -0.2) is 0 Å². The Balaban J connectivity index is 2.35. The van der Waals surface area contributed by atoms with Crippen molar-refractivity contribution in [1.29, 1.82) is 5.26 Å². The van der Waals surface area contributed by atoms with Gasteiger partial charge in [0.15, 0.2) is 0 Å². The zero-order valence-electron chi connectivity index (χ0n) is 11.1. The Hall–Kier alpha value is -1.74. The van der Waals surface area contributed by atoms with Crippen LogP contribution in [0.25, 0.3) is 0 Å². The standard InChI is InChI=1S/C14H16F3N3/c1-9-4-12(19)8-20(7-9)13-3-2-11(14(15,16)17)5-10(13)6-18/h2-3,5,9,12H,4,7-8,19H2,1H3. The van der Waals surface area contributed by atoms with E-state index in [1.807, 2.05) is 17.9 Å². The van der Waals surface area contributed by atoms with Gasteiger partial charge in [-0.05, 0) is 30.5 Å². The van der Waals surface area contributed by atoms with Crippen LogP contribution in [0.15, 0.2) is 18.2 Å². The Labute approximate surface area is 115 Å². The van der Waals surface area contributed by atoms with Crippen molar-refractivity contribution in [1.82, 2.24) is 0 Å². The third-order valence-corrected chi connectivity index (χ3v) is 3.48. The highest BCUT2D eigenvalue weighted by atomic mass is 19.4. The second-order valence-corrected chi connectivity index (χ2v) is 5.35. The molecule has 1 saturated heterocycles. The van der Waals surface area contributed by atoms with Crippen LogP contribution in [-0.2, 0) is 6.18 Å². The maximum absolute atomic E-state index is 12.7. The van der Waals surface area contributed by atoms with Gasteiger partial charge < -0.3 is 10.6 Å². The van der Waals surface area contributed by atoms with E-state index in [1.54, 1.807) is 0 Å². The molecule has 2 atom stereocenters. The number of nitriles is 1. The summed E-state index contributed by atoms with van der Waals surface area (Å²) in [5.41, 5.74) is 5.71. The summed E-state index contributed by atoms with van der Waals surface area (Å²) in [6.07, 6.45) is -3.55. The van der Waals surface area contributed by atoms with E-state index in [4.69, 9.17) is 11.0 Å². The Morgan fingerprint density at radius 3 is 2.60 bits per heavy atom. The van der Waals surface area contributed by atoms with Gasteiger partial charge in [0.25, 0.3) is 0 Å². The molecule has 1 fully saturated rings. The van der Waals surface area contributed by atoms with E-state index in [1.165, 1.54) is 6.07 Å². The topological polar surface area (TPSA) is 53.0 Å². The van der Waals surface area contributed by atoms with Gasteiger partial charge in [0.1, 0.15) is 6.07 Å². The summed E-state index contributed by atoms with van der Waals surface area (Å²) in [5, 5.41) is 9.10. The molecular weight excluding hydrogens is 267 g/mol. The van der Waals surface area contributed by atoms with Crippen molar-refractivity contribution < 1.29 is 13.2 Å². The molecule has 108 valence electrons. The number of hydrogen-bond acceptors (Lipinski definition) is 3. The fourth-order valence-electron chi connectivity index (χ4n) is 2.67. The van der Waals surface area contributed by atoms with Crippen molar-refractivity contribution in [2.24, 2.45) is 11.7 Å². The van der Waals surface area contributed by atoms with E-state index in [0.29, 0.717) is 24.7 Å². The van der Waals surface area contributed by atoms with E-state index in [9.17, 15) is 13.2 Å². The van der Waals surface area contributed by atoms with Crippen LogP contribution in [-0.4, -0.2) is 19.1 Å². The number of nitrogens with zero attached hydrogens (tertiary/aromatic N) is 2. The normalized spacial score (nSPS) is 23.5. The lowest BCUT2D eigenvalue weighted by Crippen LogP contribution is -2.46. The van der Waals surface area contributed by atoms with E-state index in [2.05, 4.69) is 0 Å². The minimum Gasteiger partial charge on any atom is -0.369 e. The molecule has 20 heavy (non-hydrogen) atoms. The fourth-order valence-corrected chi connectivity index (χ4v) is 2.67. The van der Waals surface area contributed by atoms with Gasteiger partial charge >= 0.3 is 6.18 Å². The third kappa shape index (κ3) is 3.05. The maximum atomic E-state index is 12.7. The van der Waals surface area contributed by atoms with E-state index in [0.717, 1.165) is 18.6 Å². The number of rotatable bonds is 1. The quantitative estimate of drug-likeness (QED) is 0.862. The summed E-state index contributed by atoms with van der Waals surface area (Å²) in [6.45, 7) is 3.31. The molecule has 1 aromatic carbocycles. The number of piperidine rings is 1.